The Morgan fingerprint density at radius 1 is 1.33 bits per heavy atom. The fraction of sp³-hybridized carbons (Fsp3) is 0.133. The monoisotopic (exact) mass is 325 g/mol. The summed E-state index contributed by atoms with van der Waals surface area (Å²) in [4.78, 5) is 33.8. The predicted molar refractivity (Wildman–Crippen MR) is 88.5 cm³/mol. The number of aromatic amines is 1. The molecule has 3 aromatic heterocycles. The summed E-state index contributed by atoms with van der Waals surface area (Å²) in [5.41, 5.74) is 6.84. The van der Waals surface area contributed by atoms with Crippen molar-refractivity contribution in [2.45, 2.75) is 0 Å². The first-order valence-electron chi connectivity index (χ1n) is 7.05. The molecule has 24 heavy (non-hydrogen) atoms. The van der Waals surface area contributed by atoms with Crippen LogP contribution >= 0.6 is 0 Å². The number of aromatic nitrogens is 4. The first-order valence-corrected chi connectivity index (χ1v) is 7.05. The van der Waals surface area contributed by atoms with Gasteiger partial charge in [-0.05, 0) is 18.2 Å². The Kier molecular flexibility index (Phi) is 3.82. The number of nitrogens with one attached hydrogen (secondary N) is 2. The smallest absolute Gasteiger partial charge is 0.258 e. The summed E-state index contributed by atoms with van der Waals surface area (Å²) in [5.74, 6) is -0.296. The molecular weight excluding hydrogens is 310 g/mol. The van der Waals surface area contributed by atoms with Crippen molar-refractivity contribution in [3.05, 3.63) is 41.7 Å². The highest BCUT2D eigenvalue weighted by molar-refractivity contribution is 6.09. The van der Waals surface area contributed by atoms with Gasteiger partial charge in [0.05, 0.1) is 16.5 Å². The normalized spacial score (nSPS) is 10.6. The van der Waals surface area contributed by atoms with E-state index in [1.54, 1.807) is 38.5 Å². The minimum absolute atomic E-state index is 0.0926. The van der Waals surface area contributed by atoms with Crippen LogP contribution in [0.25, 0.3) is 11.0 Å². The van der Waals surface area contributed by atoms with Gasteiger partial charge in [-0.3, -0.25) is 19.7 Å². The molecule has 3 aromatic rings. The van der Waals surface area contributed by atoms with Crippen LogP contribution in [0.1, 0.15) is 20.7 Å². The van der Waals surface area contributed by atoms with Gasteiger partial charge in [0, 0.05) is 26.5 Å². The third-order valence-electron chi connectivity index (χ3n) is 3.37. The van der Waals surface area contributed by atoms with E-state index in [1.165, 1.54) is 11.1 Å². The zero-order valence-corrected chi connectivity index (χ0v) is 13.1. The van der Waals surface area contributed by atoms with Crippen molar-refractivity contribution in [3.63, 3.8) is 0 Å². The average Bonchev–Trinajstić information content (AvgIpc) is 2.95. The summed E-state index contributed by atoms with van der Waals surface area (Å²) in [6.07, 6.45) is 3.02. The molecule has 0 unspecified atom stereocenters. The van der Waals surface area contributed by atoms with Gasteiger partial charge in [-0.1, -0.05) is 0 Å². The molecule has 0 fully saturated rings. The molecule has 0 aliphatic rings. The molecule has 0 radical (unpaired) electrons. The van der Waals surface area contributed by atoms with E-state index in [0.29, 0.717) is 16.6 Å². The molecule has 0 atom stereocenters. The van der Waals surface area contributed by atoms with Crippen LogP contribution in [0, 0.1) is 0 Å². The van der Waals surface area contributed by atoms with E-state index in [0.717, 1.165) is 0 Å². The first-order chi connectivity index (χ1) is 11.5. The van der Waals surface area contributed by atoms with Gasteiger partial charge in [-0.25, -0.2) is 4.98 Å². The summed E-state index contributed by atoms with van der Waals surface area (Å²) < 4.78 is 0. The lowest BCUT2D eigenvalue weighted by Gasteiger charge is -2.11. The van der Waals surface area contributed by atoms with E-state index < -0.39 is 0 Å². The summed E-state index contributed by atoms with van der Waals surface area (Å²) in [7, 11) is 3.23. The molecule has 0 aromatic carbocycles. The Morgan fingerprint density at radius 2 is 2.12 bits per heavy atom. The van der Waals surface area contributed by atoms with E-state index in [4.69, 9.17) is 5.73 Å². The number of amides is 2. The molecule has 4 N–H and O–H groups in total. The van der Waals surface area contributed by atoms with E-state index in [2.05, 4.69) is 25.5 Å². The molecule has 0 aliphatic carbocycles. The molecular formula is C15H15N7O2. The maximum absolute atomic E-state index is 12.2. The summed E-state index contributed by atoms with van der Waals surface area (Å²) >= 11 is 0. The summed E-state index contributed by atoms with van der Waals surface area (Å²) in [6, 6.07) is 4.85. The van der Waals surface area contributed by atoms with Crippen molar-refractivity contribution in [1.29, 1.82) is 0 Å². The molecule has 0 aliphatic heterocycles. The second-order valence-electron chi connectivity index (χ2n) is 5.28. The fourth-order valence-corrected chi connectivity index (χ4v) is 2.15. The number of rotatable bonds is 3. The maximum Gasteiger partial charge on any atom is 0.258 e. The second-order valence-corrected chi connectivity index (χ2v) is 5.28. The number of nitrogens with two attached hydrogens (primary N) is 1. The maximum atomic E-state index is 12.2. The van der Waals surface area contributed by atoms with Gasteiger partial charge in [-0.2, -0.15) is 5.10 Å². The van der Waals surface area contributed by atoms with Crippen LogP contribution in [0.15, 0.2) is 30.6 Å². The Balaban J connectivity index is 1.99. The number of hydrogen-bond acceptors (Lipinski definition) is 6. The minimum Gasteiger partial charge on any atom is -0.383 e. The molecule has 122 valence electrons. The molecule has 3 heterocycles. The summed E-state index contributed by atoms with van der Waals surface area (Å²) in [5, 5.41) is 9.87. The molecule has 9 nitrogen and oxygen atoms in total. The van der Waals surface area contributed by atoms with Crippen molar-refractivity contribution in [3.8, 4) is 0 Å². The molecule has 9 heteroatoms. The molecule has 0 bridgehead atoms. The van der Waals surface area contributed by atoms with Crippen LogP contribution in [-0.4, -0.2) is 51.0 Å². The zero-order chi connectivity index (χ0) is 17.3. The van der Waals surface area contributed by atoms with Crippen molar-refractivity contribution >= 4 is 34.5 Å². The van der Waals surface area contributed by atoms with Gasteiger partial charge in [0.15, 0.2) is 11.5 Å². The molecule has 2 amide bonds. The number of nitrogen functional groups attached to an aromatic ring is 1. The van der Waals surface area contributed by atoms with Crippen molar-refractivity contribution in [1.82, 2.24) is 25.1 Å². The topological polar surface area (TPSA) is 130 Å². The predicted octanol–water partition coefficient (Wildman–Crippen LogP) is 0.889. The number of hydrogen-bond donors (Lipinski definition) is 3. The van der Waals surface area contributed by atoms with Gasteiger partial charge in [0.2, 0.25) is 0 Å². The lowest BCUT2D eigenvalue weighted by molar-refractivity contribution is 0.0828. The lowest BCUT2D eigenvalue weighted by Crippen LogP contribution is -2.23. The minimum atomic E-state index is -0.367. The SMILES string of the molecule is CN(C)C(=O)c1cc2c(NC(=O)c3cccnc3)n[nH]c2nc1N. The standard InChI is InChI=1S/C15H15N7O2/c1-22(2)15(24)9-6-10-12(18-11(9)16)20-21-13(10)19-14(23)8-4-3-5-17-7-8/h3-7H,1-2H3,(H4,16,18,19,20,21,23). The average molecular weight is 325 g/mol. The zero-order valence-electron chi connectivity index (χ0n) is 13.1. The van der Waals surface area contributed by atoms with Crippen LogP contribution in [0.5, 0.6) is 0 Å². The molecule has 0 saturated heterocycles. The summed E-state index contributed by atoms with van der Waals surface area (Å²) in [6.45, 7) is 0. The van der Waals surface area contributed by atoms with Crippen molar-refractivity contribution in [2.24, 2.45) is 0 Å². The highest BCUT2D eigenvalue weighted by atomic mass is 16.2. The van der Waals surface area contributed by atoms with Gasteiger partial charge in [0.1, 0.15) is 5.82 Å². The molecule has 0 saturated carbocycles. The van der Waals surface area contributed by atoms with Gasteiger partial charge >= 0.3 is 0 Å². The largest absolute Gasteiger partial charge is 0.383 e. The van der Waals surface area contributed by atoms with Crippen LogP contribution in [0.3, 0.4) is 0 Å². The fourth-order valence-electron chi connectivity index (χ4n) is 2.15. The van der Waals surface area contributed by atoms with Crippen molar-refractivity contribution < 1.29 is 9.59 Å². The van der Waals surface area contributed by atoms with E-state index in [1.807, 2.05) is 0 Å². The first kappa shape index (κ1) is 15.4. The Labute approximate surface area is 136 Å². The Bertz CT molecular complexity index is 918. The number of pyridine rings is 2. The van der Waals surface area contributed by atoms with Gasteiger partial charge in [0.25, 0.3) is 11.8 Å². The molecule has 3 rings (SSSR count). The van der Waals surface area contributed by atoms with Crippen LogP contribution < -0.4 is 11.1 Å². The third-order valence-corrected chi connectivity index (χ3v) is 3.37. The van der Waals surface area contributed by atoms with Crippen LogP contribution in [0.4, 0.5) is 11.6 Å². The number of carbonyl (C=O) groups excluding carboxylic acids is 2. The van der Waals surface area contributed by atoms with Crippen molar-refractivity contribution in [2.75, 3.05) is 25.1 Å². The van der Waals surface area contributed by atoms with Crippen LogP contribution in [0.2, 0.25) is 0 Å². The number of anilines is 2. The van der Waals surface area contributed by atoms with E-state index >= 15 is 0 Å². The highest BCUT2D eigenvalue weighted by Crippen LogP contribution is 2.24. The second kappa shape index (κ2) is 5.95. The third kappa shape index (κ3) is 2.74. The number of nitrogens with zero attached hydrogens (tertiary/aromatic N) is 4. The lowest BCUT2D eigenvalue weighted by atomic mass is 10.2. The van der Waals surface area contributed by atoms with Gasteiger partial charge < -0.3 is 16.0 Å². The highest BCUT2D eigenvalue weighted by Gasteiger charge is 2.18. The number of H-pyrrole nitrogens is 1. The van der Waals surface area contributed by atoms with E-state index in [9.17, 15) is 9.59 Å². The quantitative estimate of drug-likeness (QED) is 0.655. The Hall–Kier alpha value is -3.49. The van der Waals surface area contributed by atoms with Gasteiger partial charge in [-0.15, -0.1) is 0 Å². The van der Waals surface area contributed by atoms with Crippen LogP contribution in [-0.2, 0) is 0 Å². The Morgan fingerprint density at radius 3 is 2.79 bits per heavy atom. The molecule has 0 spiro atoms. The van der Waals surface area contributed by atoms with E-state index in [-0.39, 0.29) is 29.0 Å². The number of carbonyl (C=O) groups is 2. The number of fused-ring (bicyclic) bond motifs is 1.